The minimum atomic E-state index is -1.03. The van der Waals surface area contributed by atoms with E-state index >= 15 is 0 Å². The molecule has 0 aliphatic carbocycles. The standard InChI is InChI=1S/C12H18NO2.C8H8N2OS.Na/c1-4-11(3)14-7-8-15-12-5-6-13-9-10(12)2;1-12(11)8-9-6-4-2-3-5-7(6)10-8;/h5-6,11H,4,7-8H2,1-3H3;2-5H,1H3,(H,9,10);/q-1;;+1. The molecule has 3 aromatic rings. The fourth-order valence-electron chi connectivity index (χ4n) is 2.16. The molecule has 2 aromatic heterocycles. The number of para-hydroxylation sites is 2. The van der Waals surface area contributed by atoms with Gasteiger partial charge in [-0.3, -0.25) is 4.21 Å². The third-order valence-corrected chi connectivity index (χ3v) is 4.60. The number of nitrogens with zero attached hydrogens (tertiary/aromatic N) is 2. The van der Waals surface area contributed by atoms with Gasteiger partial charge < -0.3 is 19.4 Å². The number of nitrogens with one attached hydrogen (secondary N) is 1. The van der Waals surface area contributed by atoms with Crippen LogP contribution in [0.5, 0.6) is 5.75 Å². The van der Waals surface area contributed by atoms with Crippen molar-refractivity contribution in [3.63, 3.8) is 0 Å². The van der Waals surface area contributed by atoms with Crippen LogP contribution in [0.1, 0.15) is 25.8 Å². The Hall–Kier alpha value is -1.25. The van der Waals surface area contributed by atoms with Crippen LogP contribution >= 0.6 is 0 Å². The molecule has 28 heavy (non-hydrogen) atoms. The molecule has 0 bridgehead atoms. The first kappa shape index (κ1) is 24.8. The Morgan fingerprint density at radius 3 is 2.64 bits per heavy atom. The predicted octanol–water partition coefficient (Wildman–Crippen LogP) is 0.688. The van der Waals surface area contributed by atoms with E-state index in [1.807, 2.05) is 37.3 Å². The van der Waals surface area contributed by atoms with Crippen LogP contribution in [0.2, 0.25) is 0 Å². The molecule has 8 heteroatoms. The van der Waals surface area contributed by atoms with Gasteiger partial charge in [-0.05, 0) is 25.5 Å². The van der Waals surface area contributed by atoms with Crippen LogP contribution in [0, 0.1) is 13.1 Å². The van der Waals surface area contributed by atoms with Gasteiger partial charge >= 0.3 is 29.6 Å². The Labute approximate surface area is 191 Å². The van der Waals surface area contributed by atoms with Gasteiger partial charge in [0.1, 0.15) is 0 Å². The molecule has 146 valence electrons. The largest absolute Gasteiger partial charge is 1.00 e. The molecule has 0 saturated carbocycles. The fourth-order valence-corrected chi connectivity index (χ4v) is 2.64. The molecular formula is C20H26N3NaO3S. The van der Waals surface area contributed by atoms with Crippen LogP contribution in [0.25, 0.3) is 11.0 Å². The first-order chi connectivity index (χ1) is 13.0. The van der Waals surface area contributed by atoms with Crippen molar-refractivity contribution in [3.8, 4) is 5.75 Å². The Morgan fingerprint density at radius 2 is 2.00 bits per heavy atom. The van der Waals surface area contributed by atoms with E-state index in [9.17, 15) is 4.21 Å². The molecular weight excluding hydrogens is 385 g/mol. The number of H-pyrrole nitrogens is 1. The number of aryl methyl sites for hydroxylation is 1. The average Bonchev–Trinajstić information content (AvgIpc) is 3.11. The van der Waals surface area contributed by atoms with Crippen LogP contribution in [0.15, 0.2) is 41.7 Å². The summed E-state index contributed by atoms with van der Waals surface area (Å²) in [6, 6.07) is 9.48. The summed E-state index contributed by atoms with van der Waals surface area (Å²) in [5.74, 6) is 0.831. The maximum Gasteiger partial charge on any atom is 1.00 e. The summed E-state index contributed by atoms with van der Waals surface area (Å²) in [4.78, 5) is 11.0. The summed E-state index contributed by atoms with van der Waals surface area (Å²) in [6.07, 6.45) is 7.47. The number of aromatic amines is 1. The topological polar surface area (TPSA) is 77.1 Å². The van der Waals surface area contributed by atoms with E-state index in [4.69, 9.17) is 9.47 Å². The summed E-state index contributed by atoms with van der Waals surface area (Å²) < 4.78 is 22.1. The smallest absolute Gasteiger partial charge is 0.548 e. The number of hydrogen-bond donors (Lipinski definition) is 1. The molecule has 6 nitrogen and oxygen atoms in total. The van der Waals surface area contributed by atoms with Crippen LogP contribution in [0.4, 0.5) is 0 Å². The quantitative estimate of drug-likeness (QED) is 0.352. The van der Waals surface area contributed by atoms with Gasteiger partial charge in [-0.2, -0.15) is 0 Å². The van der Waals surface area contributed by atoms with E-state index < -0.39 is 10.8 Å². The Balaban J connectivity index is 0.000000275. The number of fused-ring (bicyclic) bond motifs is 1. The molecule has 1 N–H and O–H groups in total. The number of aromatic nitrogens is 3. The second-order valence-electron chi connectivity index (χ2n) is 6.00. The molecule has 0 spiro atoms. The summed E-state index contributed by atoms with van der Waals surface area (Å²) in [5.41, 5.74) is 2.73. The Bertz CT molecular complexity index is 840. The van der Waals surface area contributed by atoms with Gasteiger partial charge in [0, 0.05) is 12.0 Å². The zero-order valence-corrected chi connectivity index (χ0v) is 20.0. The number of hydrogen-bond acceptors (Lipinski definition) is 5. The second-order valence-corrected chi connectivity index (χ2v) is 7.29. The summed E-state index contributed by atoms with van der Waals surface area (Å²) in [7, 11) is -1.03. The van der Waals surface area contributed by atoms with Gasteiger partial charge in [-0.15, -0.1) is 11.6 Å². The van der Waals surface area contributed by atoms with E-state index in [1.165, 1.54) is 0 Å². The van der Waals surface area contributed by atoms with Crippen molar-refractivity contribution in [2.45, 2.75) is 38.5 Å². The molecule has 3 rings (SSSR count). The molecule has 0 aliphatic heterocycles. The number of ether oxygens (including phenoxy) is 2. The first-order valence-corrected chi connectivity index (χ1v) is 10.4. The van der Waals surface area contributed by atoms with Crippen molar-refractivity contribution >= 4 is 21.8 Å². The summed E-state index contributed by atoms with van der Waals surface area (Å²) in [5, 5.41) is 0.538. The van der Waals surface area contributed by atoms with Gasteiger partial charge in [0.2, 0.25) is 0 Å². The van der Waals surface area contributed by atoms with Crippen LogP contribution in [-0.4, -0.2) is 44.7 Å². The minimum Gasteiger partial charge on any atom is -0.548 e. The van der Waals surface area contributed by atoms with Crippen LogP contribution in [-0.2, 0) is 15.5 Å². The van der Waals surface area contributed by atoms with E-state index in [0.717, 1.165) is 28.8 Å². The van der Waals surface area contributed by atoms with Crippen LogP contribution < -0.4 is 34.3 Å². The van der Waals surface area contributed by atoms with Crippen molar-refractivity contribution in [2.24, 2.45) is 0 Å². The third kappa shape index (κ3) is 8.01. The monoisotopic (exact) mass is 411 g/mol. The number of imidazole rings is 1. The van der Waals surface area contributed by atoms with Crippen molar-refractivity contribution in [1.29, 1.82) is 0 Å². The Morgan fingerprint density at radius 1 is 1.25 bits per heavy atom. The Kier molecular flexibility index (Phi) is 11.6. The molecule has 2 unspecified atom stereocenters. The predicted molar refractivity (Wildman–Crippen MR) is 107 cm³/mol. The van der Waals surface area contributed by atoms with E-state index in [0.29, 0.717) is 24.5 Å². The molecule has 0 radical (unpaired) electrons. The molecule has 0 fully saturated rings. The second kappa shape index (κ2) is 13.1. The molecule has 0 saturated heterocycles. The molecule has 1 aromatic carbocycles. The van der Waals surface area contributed by atoms with E-state index in [2.05, 4.69) is 35.0 Å². The maximum atomic E-state index is 11.0. The molecule has 2 heterocycles. The zero-order valence-electron chi connectivity index (χ0n) is 17.2. The van der Waals surface area contributed by atoms with Gasteiger partial charge in [0.05, 0.1) is 41.2 Å². The molecule has 2 atom stereocenters. The van der Waals surface area contributed by atoms with Gasteiger partial charge in [-0.1, -0.05) is 38.4 Å². The number of rotatable bonds is 7. The fraction of sp³-hybridized carbons (Fsp3) is 0.400. The van der Waals surface area contributed by atoms with Crippen LogP contribution in [0.3, 0.4) is 0 Å². The number of pyridine rings is 1. The third-order valence-electron chi connectivity index (χ3n) is 3.86. The van der Waals surface area contributed by atoms with E-state index in [-0.39, 0.29) is 29.6 Å². The molecule has 0 aliphatic rings. The maximum absolute atomic E-state index is 11.0. The minimum absolute atomic E-state index is 0. The zero-order chi connectivity index (χ0) is 19.6. The van der Waals surface area contributed by atoms with Gasteiger partial charge in [0.15, 0.2) is 5.16 Å². The SMILES string of the molecule is CCC(C)OCCOc1ccn[c-]c1C.CS(=O)c1nc2ccccc2[nH]1.[Na+]. The van der Waals surface area contributed by atoms with Gasteiger partial charge in [0.25, 0.3) is 0 Å². The average molecular weight is 412 g/mol. The summed E-state index contributed by atoms with van der Waals surface area (Å²) in [6.45, 7) is 7.29. The number of benzene rings is 1. The first-order valence-electron chi connectivity index (χ1n) is 8.87. The molecule has 0 amide bonds. The van der Waals surface area contributed by atoms with Gasteiger partial charge in [-0.25, -0.2) is 4.98 Å². The van der Waals surface area contributed by atoms with Crippen molar-refractivity contribution < 1.29 is 43.2 Å². The van der Waals surface area contributed by atoms with Crippen molar-refractivity contribution in [3.05, 3.63) is 48.3 Å². The van der Waals surface area contributed by atoms with E-state index in [1.54, 1.807) is 12.5 Å². The van der Waals surface area contributed by atoms with Crippen molar-refractivity contribution in [2.75, 3.05) is 19.5 Å². The normalized spacial score (nSPS) is 12.4. The summed E-state index contributed by atoms with van der Waals surface area (Å²) >= 11 is 0. The van der Waals surface area contributed by atoms with Crippen molar-refractivity contribution in [1.82, 2.24) is 15.0 Å².